The summed E-state index contributed by atoms with van der Waals surface area (Å²) in [6.07, 6.45) is 0. The van der Waals surface area contributed by atoms with Crippen LogP contribution in [-0.2, 0) is 0 Å². The Morgan fingerprint density at radius 1 is 0.254 bits per heavy atom. The van der Waals surface area contributed by atoms with Gasteiger partial charge in [0.2, 0.25) is 0 Å². The van der Waals surface area contributed by atoms with E-state index in [1.54, 1.807) is 0 Å². The van der Waals surface area contributed by atoms with Crippen LogP contribution in [0.2, 0.25) is 0 Å². The Bertz CT molecular complexity index is 3440. The molecular weight excluding hydrogens is 715 g/mol. The second kappa shape index (κ2) is 13.4. The fourth-order valence-electron chi connectivity index (χ4n) is 9.30. The molecule has 59 heavy (non-hydrogen) atoms. The van der Waals surface area contributed by atoms with Gasteiger partial charge in [0.15, 0.2) is 0 Å². The molecule has 0 unspecified atom stereocenters. The minimum Gasteiger partial charge on any atom is -0.310 e. The first-order chi connectivity index (χ1) is 29.2. The van der Waals surface area contributed by atoms with Gasteiger partial charge in [-0.15, -0.1) is 0 Å². The summed E-state index contributed by atoms with van der Waals surface area (Å²) >= 11 is 0. The number of aromatic nitrogens is 2. The van der Waals surface area contributed by atoms with Crippen LogP contribution in [0, 0.1) is 0 Å². The molecule has 0 spiro atoms. The number of fused-ring (bicyclic) bond motifs is 8. The number of benzene rings is 10. The molecule has 0 saturated heterocycles. The third-order valence-corrected chi connectivity index (χ3v) is 12.0. The van der Waals surface area contributed by atoms with Crippen molar-refractivity contribution in [3.05, 3.63) is 224 Å². The monoisotopic (exact) mass is 751 g/mol. The molecule has 0 radical (unpaired) electrons. The van der Waals surface area contributed by atoms with Gasteiger partial charge in [-0.1, -0.05) is 146 Å². The van der Waals surface area contributed by atoms with Gasteiger partial charge in [0.25, 0.3) is 0 Å². The molecule has 0 aliphatic heterocycles. The molecule has 2 aromatic heterocycles. The predicted octanol–water partition coefficient (Wildman–Crippen LogP) is 15.3. The van der Waals surface area contributed by atoms with E-state index in [0.717, 1.165) is 39.6 Å². The lowest BCUT2D eigenvalue weighted by atomic mass is 10.0. The molecule has 10 aromatic carbocycles. The van der Waals surface area contributed by atoms with Crippen molar-refractivity contribution in [3.63, 3.8) is 0 Å². The molecule has 0 bridgehead atoms. The van der Waals surface area contributed by atoms with Gasteiger partial charge in [0, 0.05) is 50.0 Å². The highest BCUT2D eigenvalue weighted by Crippen LogP contribution is 2.43. The molecule has 3 nitrogen and oxygen atoms in total. The van der Waals surface area contributed by atoms with Crippen LogP contribution < -0.4 is 4.90 Å². The first-order valence-electron chi connectivity index (χ1n) is 20.3. The van der Waals surface area contributed by atoms with Crippen molar-refractivity contribution in [2.75, 3.05) is 4.90 Å². The van der Waals surface area contributed by atoms with Crippen LogP contribution in [0.15, 0.2) is 224 Å². The number of rotatable bonds is 6. The van der Waals surface area contributed by atoms with Crippen molar-refractivity contribution in [3.8, 4) is 22.5 Å². The molecule has 0 saturated carbocycles. The first-order valence-corrected chi connectivity index (χ1v) is 20.3. The minimum atomic E-state index is 1.08. The van der Waals surface area contributed by atoms with Crippen molar-refractivity contribution in [2.45, 2.75) is 0 Å². The molecule has 2 heterocycles. The van der Waals surface area contributed by atoms with Crippen molar-refractivity contribution in [1.82, 2.24) is 9.13 Å². The fraction of sp³-hybridized carbons (Fsp3) is 0. The lowest BCUT2D eigenvalue weighted by Crippen LogP contribution is -2.11. The maximum absolute atomic E-state index is 2.44. The molecule has 0 fully saturated rings. The Kier molecular flexibility index (Phi) is 7.54. The Morgan fingerprint density at radius 2 is 0.729 bits per heavy atom. The smallest absolute Gasteiger partial charge is 0.0547 e. The summed E-state index contributed by atoms with van der Waals surface area (Å²) in [5.74, 6) is 0. The van der Waals surface area contributed by atoms with Crippen LogP contribution >= 0.6 is 0 Å². The molecule has 12 aromatic rings. The van der Waals surface area contributed by atoms with E-state index in [2.05, 4.69) is 238 Å². The summed E-state index contributed by atoms with van der Waals surface area (Å²) in [6, 6.07) is 82.0. The molecule has 0 atom stereocenters. The SMILES string of the molecule is c1ccc(-n2c3ccccc3c3ccc(-c4cc(N(c5ccc6ccccc6c5)c5ccc6ccccc6c5)cc(-n5c6ccccc6c6ccccc65)c4)cc32)cc1. The number of para-hydroxylation sites is 4. The lowest BCUT2D eigenvalue weighted by molar-refractivity contribution is 1.17. The third-order valence-electron chi connectivity index (χ3n) is 12.0. The molecule has 0 aliphatic rings. The standard InChI is InChI=1S/C56H37N3/c1-2-18-44(19-3-1)58-53-23-11-10-22-51(53)52-31-28-42(36-56(52)58)43-34-47(37-48(35-43)59-54-24-12-8-20-49(54)50-21-9-13-25-55(50)59)57(45-29-26-38-14-4-6-16-40(38)32-45)46-30-27-39-15-5-7-17-41(39)33-46/h1-37H. The Balaban J connectivity index is 1.16. The van der Waals surface area contributed by atoms with E-state index < -0.39 is 0 Å². The number of hydrogen-bond donors (Lipinski definition) is 0. The average molecular weight is 752 g/mol. The Morgan fingerprint density at radius 3 is 1.31 bits per heavy atom. The van der Waals surface area contributed by atoms with Crippen LogP contribution in [-0.4, -0.2) is 9.13 Å². The van der Waals surface area contributed by atoms with E-state index in [1.165, 1.54) is 65.2 Å². The van der Waals surface area contributed by atoms with Crippen LogP contribution in [0.5, 0.6) is 0 Å². The number of nitrogens with zero attached hydrogens (tertiary/aromatic N) is 3. The summed E-state index contributed by atoms with van der Waals surface area (Å²) in [5.41, 5.74) is 12.6. The molecule has 0 amide bonds. The Labute approximate surface area is 341 Å². The maximum atomic E-state index is 2.44. The van der Waals surface area contributed by atoms with Gasteiger partial charge < -0.3 is 14.0 Å². The number of anilines is 3. The Hall–Kier alpha value is -7.88. The molecule has 3 heteroatoms. The van der Waals surface area contributed by atoms with E-state index in [0.29, 0.717) is 0 Å². The van der Waals surface area contributed by atoms with Crippen molar-refractivity contribution < 1.29 is 0 Å². The van der Waals surface area contributed by atoms with Crippen LogP contribution in [0.3, 0.4) is 0 Å². The van der Waals surface area contributed by atoms with E-state index in [4.69, 9.17) is 0 Å². The van der Waals surface area contributed by atoms with Crippen LogP contribution in [0.25, 0.3) is 87.7 Å². The molecular formula is C56H37N3. The lowest BCUT2D eigenvalue weighted by Gasteiger charge is -2.28. The number of hydrogen-bond acceptors (Lipinski definition) is 1. The van der Waals surface area contributed by atoms with Gasteiger partial charge in [-0.2, -0.15) is 0 Å². The van der Waals surface area contributed by atoms with Gasteiger partial charge in [-0.25, -0.2) is 0 Å². The van der Waals surface area contributed by atoms with Crippen molar-refractivity contribution >= 4 is 82.2 Å². The normalized spacial score (nSPS) is 11.7. The quantitative estimate of drug-likeness (QED) is 0.165. The summed E-state index contributed by atoms with van der Waals surface area (Å²) in [4.78, 5) is 2.43. The van der Waals surface area contributed by atoms with Gasteiger partial charge in [-0.3, -0.25) is 0 Å². The molecule has 0 N–H and O–H groups in total. The second-order valence-electron chi connectivity index (χ2n) is 15.4. The summed E-state index contributed by atoms with van der Waals surface area (Å²) in [7, 11) is 0. The summed E-state index contributed by atoms with van der Waals surface area (Å²) < 4.78 is 4.85. The second-order valence-corrected chi connectivity index (χ2v) is 15.4. The minimum absolute atomic E-state index is 1.08. The predicted molar refractivity (Wildman–Crippen MR) is 250 cm³/mol. The first kappa shape index (κ1) is 33.3. The highest BCUT2D eigenvalue weighted by molar-refractivity contribution is 6.11. The topological polar surface area (TPSA) is 13.1 Å². The maximum Gasteiger partial charge on any atom is 0.0547 e. The molecule has 0 aliphatic carbocycles. The van der Waals surface area contributed by atoms with E-state index in [1.807, 2.05) is 0 Å². The van der Waals surface area contributed by atoms with Gasteiger partial charge in [0.1, 0.15) is 0 Å². The summed E-state index contributed by atoms with van der Waals surface area (Å²) in [6.45, 7) is 0. The van der Waals surface area contributed by atoms with Gasteiger partial charge in [0.05, 0.1) is 22.1 Å². The van der Waals surface area contributed by atoms with E-state index in [9.17, 15) is 0 Å². The van der Waals surface area contributed by atoms with Crippen molar-refractivity contribution in [1.29, 1.82) is 0 Å². The average Bonchev–Trinajstić information content (AvgIpc) is 3.82. The van der Waals surface area contributed by atoms with Gasteiger partial charge >= 0.3 is 0 Å². The molecule has 12 rings (SSSR count). The highest BCUT2D eigenvalue weighted by atomic mass is 15.1. The summed E-state index contributed by atoms with van der Waals surface area (Å²) in [5, 5.41) is 9.81. The zero-order valence-electron chi connectivity index (χ0n) is 32.2. The highest BCUT2D eigenvalue weighted by Gasteiger charge is 2.20. The zero-order chi connectivity index (χ0) is 38.9. The fourth-order valence-corrected chi connectivity index (χ4v) is 9.30. The van der Waals surface area contributed by atoms with E-state index in [-0.39, 0.29) is 0 Å². The molecule has 276 valence electrons. The van der Waals surface area contributed by atoms with E-state index >= 15 is 0 Å². The zero-order valence-corrected chi connectivity index (χ0v) is 32.2. The largest absolute Gasteiger partial charge is 0.310 e. The van der Waals surface area contributed by atoms with Crippen molar-refractivity contribution in [2.24, 2.45) is 0 Å². The van der Waals surface area contributed by atoms with Crippen LogP contribution in [0.4, 0.5) is 17.1 Å². The third kappa shape index (κ3) is 5.44. The van der Waals surface area contributed by atoms with Crippen LogP contribution in [0.1, 0.15) is 0 Å². The van der Waals surface area contributed by atoms with Gasteiger partial charge in [-0.05, 0) is 112 Å².